The standard InChI is InChI=1S/C18H22N3/c1-2-13-20-18(19)21(14-16-9-5-3-6-10-16)15-17-11-7-4-8-12-17/h3-12H,1-2,13-15H2,(H2,19,20). The van der Waals surface area contributed by atoms with Gasteiger partial charge in [-0.05, 0) is 17.5 Å². The number of hydrogen-bond donors (Lipinski definition) is 2. The average Bonchev–Trinajstić information content (AvgIpc) is 2.54. The lowest BCUT2D eigenvalue weighted by Crippen LogP contribution is -2.40. The van der Waals surface area contributed by atoms with E-state index in [1.54, 1.807) is 0 Å². The number of benzene rings is 2. The summed E-state index contributed by atoms with van der Waals surface area (Å²) in [7, 11) is 0. The lowest BCUT2D eigenvalue weighted by atomic mass is 10.2. The summed E-state index contributed by atoms with van der Waals surface area (Å²) in [5, 5.41) is 11.4. The Hall–Kier alpha value is -2.29. The Kier molecular flexibility index (Phi) is 5.83. The molecule has 2 aromatic carbocycles. The lowest BCUT2D eigenvalue weighted by Gasteiger charge is -2.26. The van der Waals surface area contributed by atoms with E-state index in [2.05, 4.69) is 36.5 Å². The maximum Gasteiger partial charge on any atom is 0.191 e. The molecule has 3 nitrogen and oxygen atoms in total. The predicted molar refractivity (Wildman–Crippen MR) is 87.8 cm³/mol. The number of rotatable bonds is 6. The molecular formula is C18H22N3. The summed E-state index contributed by atoms with van der Waals surface area (Å²) >= 11 is 0. The number of hydrogen-bond acceptors (Lipinski definition) is 1. The number of nitrogens with zero attached hydrogens (tertiary/aromatic N) is 1. The van der Waals surface area contributed by atoms with Crippen molar-refractivity contribution in [2.75, 3.05) is 6.54 Å². The average molecular weight is 280 g/mol. The summed E-state index contributed by atoms with van der Waals surface area (Å²) in [6, 6.07) is 20.5. The molecule has 109 valence electrons. The first-order valence-corrected chi connectivity index (χ1v) is 7.24. The highest BCUT2D eigenvalue weighted by atomic mass is 15.3. The van der Waals surface area contributed by atoms with Crippen LogP contribution in [0.4, 0.5) is 0 Å². The second kappa shape index (κ2) is 8.10. The number of guanidine groups is 1. The zero-order valence-electron chi connectivity index (χ0n) is 12.3. The molecule has 0 atom stereocenters. The molecule has 0 heterocycles. The van der Waals surface area contributed by atoms with Gasteiger partial charge in [-0.1, -0.05) is 67.6 Å². The van der Waals surface area contributed by atoms with Gasteiger partial charge in [0.15, 0.2) is 5.96 Å². The molecular weight excluding hydrogens is 258 g/mol. The zero-order chi connectivity index (χ0) is 14.9. The van der Waals surface area contributed by atoms with Crippen LogP contribution in [0.5, 0.6) is 0 Å². The molecule has 0 aliphatic heterocycles. The summed E-state index contributed by atoms with van der Waals surface area (Å²) < 4.78 is 0. The van der Waals surface area contributed by atoms with E-state index in [4.69, 9.17) is 5.41 Å². The molecule has 0 saturated heterocycles. The van der Waals surface area contributed by atoms with E-state index in [0.717, 1.165) is 26.1 Å². The van der Waals surface area contributed by atoms with E-state index >= 15 is 0 Å². The van der Waals surface area contributed by atoms with Crippen LogP contribution >= 0.6 is 0 Å². The molecule has 2 rings (SSSR count). The highest BCUT2D eigenvalue weighted by Gasteiger charge is 2.10. The summed E-state index contributed by atoms with van der Waals surface area (Å²) in [5.41, 5.74) is 2.41. The second-order valence-electron chi connectivity index (χ2n) is 4.96. The fraction of sp³-hybridized carbons (Fsp3) is 0.222. The zero-order valence-corrected chi connectivity index (χ0v) is 12.3. The van der Waals surface area contributed by atoms with Crippen molar-refractivity contribution in [1.82, 2.24) is 10.2 Å². The molecule has 0 aliphatic rings. The van der Waals surface area contributed by atoms with Crippen molar-refractivity contribution in [3.05, 3.63) is 78.7 Å². The van der Waals surface area contributed by atoms with E-state index in [1.165, 1.54) is 11.1 Å². The van der Waals surface area contributed by atoms with Crippen molar-refractivity contribution in [2.24, 2.45) is 0 Å². The SMILES string of the molecule is [CH2]CCNC(=N)N(Cc1ccccc1)Cc1ccccc1. The van der Waals surface area contributed by atoms with Crippen molar-refractivity contribution >= 4 is 5.96 Å². The summed E-state index contributed by atoms with van der Waals surface area (Å²) in [6.45, 7) is 5.97. The normalized spacial score (nSPS) is 10.1. The quantitative estimate of drug-likeness (QED) is 0.628. The summed E-state index contributed by atoms with van der Waals surface area (Å²) in [4.78, 5) is 2.04. The van der Waals surface area contributed by atoms with E-state index in [1.807, 2.05) is 41.3 Å². The maximum absolute atomic E-state index is 8.23. The topological polar surface area (TPSA) is 39.1 Å². The molecule has 0 amide bonds. The molecule has 21 heavy (non-hydrogen) atoms. The van der Waals surface area contributed by atoms with E-state index < -0.39 is 0 Å². The molecule has 2 N–H and O–H groups in total. The van der Waals surface area contributed by atoms with Crippen molar-refractivity contribution in [3.63, 3.8) is 0 Å². The Morgan fingerprint density at radius 3 is 1.81 bits per heavy atom. The Morgan fingerprint density at radius 1 is 0.905 bits per heavy atom. The highest BCUT2D eigenvalue weighted by Crippen LogP contribution is 2.09. The van der Waals surface area contributed by atoms with Gasteiger partial charge in [0.2, 0.25) is 0 Å². The van der Waals surface area contributed by atoms with Crippen LogP contribution in [0.2, 0.25) is 0 Å². The largest absolute Gasteiger partial charge is 0.356 e. The van der Waals surface area contributed by atoms with Gasteiger partial charge in [-0.25, -0.2) is 0 Å². The van der Waals surface area contributed by atoms with Gasteiger partial charge in [0.05, 0.1) is 0 Å². The maximum atomic E-state index is 8.23. The molecule has 0 fully saturated rings. The van der Waals surface area contributed by atoms with Gasteiger partial charge < -0.3 is 10.2 Å². The van der Waals surface area contributed by atoms with Gasteiger partial charge in [0.1, 0.15) is 0 Å². The van der Waals surface area contributed by atoms with Crippen LogP contribution in [0.3, 0.4) is 0 Å². The van der Waals surface area contributed by atoms with Crippen LogP contribution in [0.1, 0.15) is 17.5 Å². The van der Waals surface area contributed by atoms with Crippen LogP contribution < -0.4 is 5.32 Å². The van der Waals surface area contributed by atoms with Gasteiger partial charge in [-0.3, -0.25) is 5.41 Å². The molecule has 2 aromatic rings. The van der Waals surface area contributed by atoms with Crippen LogP contribution in [-0.2, 0) is 13.1 Å². The highest BCUT2D eigenvalue weighted by molar-refractivity contribution is 5.76. The van der Waals surface area contributed by atoms with E-state index in [0.29, 0.717) is 5.96 Å². The first kappa shape index (κ1) is 15.1. The third kappa shape index (κ3) is 4.95. The second-order valence-corrected chi connectivity index (χ2v) is 4.96. The fourth-order valence-corrected chi connectivity index (χ4v) is 2.14. The first-order chi connectivity index (χ1) is 10.3. The Bertz CT molecular complexity index is 495. The molecule has 0 spiro atoms. The van der Waals surface area contributed by atoms with Crippen molar-refractivity contribution in [1.29, 1.82) is 5.41 Å². The first-order valence-electron chi connectivity index (χ1n) is 7.24. The van der Waals surface area contributed by atoms with Crippen molar-refractivity contribution < 1.29 is 0 Å². The van der Waals surface area contributed by atoms with Gasteiger partial charge >= 0.3 is 0 Å². The minimum absolute atomic E-state index is 0.450. The minimum Gasteiger partial charge on any atom is -0.356 e. The molecule has 0 aromatic heterocycles. The van der Waals surface area contributed by atoms with Crippen LogP contribution in [0.15, 0.2) is 60.7 Å². The molecule has 0 unspecified atom stereocenters. The van der Waals surface area contributed by atoms with Crippen molar-refractivity contribution in [2.45, 2.75) is 19.5 Å². The number of nitrogens with one attached hydrogen (secondary N) is 2. The van der Waals surface area contributed by atoms with Gasteiger partial charge in [-0.2, -0.15) is 0 Å². The van der Waals surface area contributed by atoms with Crippen molar-refractivity contribution in [3.8, 4) is 0 Å². The van der Waals surface area contributed by atoms with Gasteiger partial charge in [0, 0.05) is 19.6 Å². The van der Waals surface area contributed by atoms with Gasteiger partial charge in [0.25, 0.3) is 0 Å². The molecule has 0 saturated carbocycles. The third-order valence-electron chi connectivity index (χ3n) is 3.22. The monoisotopic (exact) mass is 280 g/mol. The van der Waals surface area contributed by atoms with E-state index in [-0.39, 0.29) is 0 Å². The Morgan fingerprint density at radius 2 is 1.38 bits per heavy atom. The third-order valence-corrected chi connectivity index (χ3v) is 3.22. The molecule has 3 heteroatoms. The molecule has 1 radical (unpaired) electrons. The minimum atomic E-state index is 0.450. The van der Waals surface area contributed by atoms with Crippen LogP contribution in [0, 0.1) is 12.3 Å². The molecule has 0 aliphatic carbocycles. The smallest absolute Gasteiger partial charge is 0.191 e. The Balaban J connectivity index is 2.08. The predicted octanol–water partition coefficient (Wildman–Crippen LogP) is 3.44. The van der Waals surface area contributed by atoms with Gasteiger partial charge in [-0.15, -0.1) is 0 Å². The van der Waals surface area contributed by atoms with E-state index in [9.17, 15) is 0 Å². The fourth-order valence-electron chi connectivity index (χ4n) is 2.14. The summed E-state index contributed by atoms with van der Waals surface area (Å²) in [6.07, 6.45) is 0.771. The van der Waals surface area contributed by atoms with Crippen LogP contribution in [-0.4, -0.2) is 17.4 Å². The lowest BCUT2D eigenvalue weighted by molar-refractivity contribution is 0.387. The van der Waals surface area contributed by atoms with Crippen LogP contribution in [0.25, 0.3) is 0 Å². The Labute approximate surface area is 127 Å². The molecule has 0 bridgehead atoms. The summed E-state index contributed by atoms with van der Waals surface area (Å²) in [5.74, 6) is 0.450.